The first-order chi connectivity index (χ1) is 9.09. The highest BCUT2D eigenvalue weighted by Gasteiger charge is 2.27. The Morgan fingerprint density at radius 3 is 2.74 bits per heavy atom. The van der Waals surface area contributed by atoms with Gasteiger partial charge in [-0.2, -0.15) is 0 Å². The van der Waals surface area contributed by atoms with Crippen molar-refractivity contribution in [2.24, 2.45) is 0 Å². The zero-order chi connectivity index (χ0) is 13.8. The smallest absolute Gasteiger partial charge is 0.253 e. The van der Waals surface area contributed by atoms with Gasteiger partial charge in [0.15, 0.2) is 0 Å². The van der Waals surface area contributed by atoms with Gasteiger partial charge in [0.2, 0.25) is 0 Å². The molecular formula is C14H19ClN2O2. The molecule has 5 heteroatoms. The molecule has 1 saturated heterocycles. The van der Waals surface area contributed by atoms with E-state index < -0.39 is 0 Å². The van der Waals surface area contributed by atoms with Crippen LogP contribution in [0.4, 0.5) is 0 Å². The molecule has 2 atom stereocenters. The molecule has 0 radical (unpaired) electrons. The molecule has 1 amide bonds. The van der Waals surface area contributed by atoms with Crippen molar-refractivity contribution in [1.29, 1.82) is 0 Å². The van der Waals surface area contributed by atoms with Crippen LogP contribution in [0.25, 0.3) is 0 Å². The third-order valence-electron chi connectivity index (χ3n) is 3.48. The summed E-state index contributed by atoms with van der Waals surface area (Å²) in [5.41, 5.74) is 1.06. The van der Waals surface area contributed by atoms with Gasteiger partial charge in [0.25, 0.3) is 5.91 Å². The van der Waals surface area contributed by atoms with Gasteiger partial charge in [-0.1, -0.05) is 23.7 Å². The maximum Gasteiger partial charge on any atom is 0.253 e. The molecule has 104 valence electrons. The summed E-state index contributed by atoms with van der Waals surface area (Å²) in [6.07, 6.45) is -0.381. The van der Waals surface area contributed by atoms with Gasteiger partial charge >= 0.3 is 0 Å². The van der Waals surface area contributed by atoms with Crippen molar-refractivity contribution < 1.29 is 9.53 Å². The molecule has 4 nitrogen and oxygen atoms in total. The SMILES string of the molecule is CC(c1ccc(Cl)cc1)N(C)C(=O)C1CNCCO1. The Labute approximate surface area is 118 Å². The number of carbonyl (C=O) groups is 1. The monoisotopic (exact) mass is 282 g/mol. The van der Waals surface area contributed by atoms with Crippen LogP contribution in [0.2, 0.25) is 5.02 Å². The molecule has 1 N–H and O–H groups in total. The molecule has 0 spiro atoms. The fourth-order valence-electron chi connectivity index (χ4n) is 2.11. The molecule has 1 aliphatic rings. The maximum absolute atomic E-state index is 12.3. The zero-order valence-corrected chi connectivity index (χ0v) is 12.0. The van der Waals surface area contributed by atoms with Crippen molar-refractivity contribution >= 4 is 17.5 Å². The number of likely N-dealkylation sites (N-methyl/N-ethyl adjacent to an activating group) is 1. The third kappa shape index (κ3) is 3.47. The number of nitrogens with one attached hydrogen (secondary N) is 1. The number of rotatable bonds is 3. The van der Waals surface area contributed by atoms with Crippen LogP contribution in [0.15, 0.2) is 24.3 Å². The summed E-state index contributed by atoms with van der Waals surface area (Å²) in [5.74, 6) is 0.00894. The molecule has 2 unspecified atom stereocenters. The third-order valence-corrected chi connectivity index (χ3v) is 3.74. The summed E-state index contributed by atoms with van der Waals surface area (Å²) in [7, 11) is 1.81. The molecule has 1 aliphatic heterocycles. The first-order valence-electron chi connectivity index (χ1n) is 6.44. The van der Waals surface area contributed by atoms with Crippen LogP contribution < -0.4 is 5.32 Å². The second kappa shape index (κ2) is 6.37. The largest absolute Gasteiger partial charge is 0.366 e. The lowest BCUT2D eigenvalue weighted by atomic mass is 10.1. The van der Waals surface area contributed by atoms with E-state index >= 15 is 0 Å². The van der Waals surface area contributed by atoms with Crippen molar-refractivity contribution in [3.8, 4) is 0 Å². The summed E-state index contributed by atoms with van der Waals surface area (Å²) >= 11 is 5.87. The molecule has 0 aromatic heterocycles. The van der Waals surface area contributed by atoms with Crippen LogP contribution >= 0.6 is 11.6 Å². The first kappa shape index (κ1) is 14.3. The van der Waals surface area contributed by atoms with Gasteiger partial charge in [-0.3, -0.25) is 4.79 Å². The quantitative estimate of drug-likeness (QED) is 0.920. The minimum absolute atomic E-state index is 0.00436. The number of benzene rings is 1. The van der Waals surface area contributed by atoms with Crippen LogP contribution in [-0.2, 0) is 9.53 Å². The van der Waals surface area contributed by atoms with Gasteiger partial charge in [0.05, 0.1) is 12.6 Å². The Morgan fingerprint density at radius 1 is 1.47 bits per heavy atom. The highest BCUT2D eigenvalue weighted by atomic mass is 35.5. The summed E-state index contributed by atoms with van der Waals surface area (Å²) in [5, 5.41) is 3.87. The Hall–Kier alpha value is -1.10. The van der Waals surface area contributed by atoms with E-state index in [9.17, 15) is 4.79 Å². The Kier molecular flexibility index (Phi) is 4.80. The van der Waals surface area contributed by atoms with E-state index in [2.05, 4.69) is 5.32 Å². The van der Waals surface area contributed by atoms with Crippen LogP contribution in [0, 0.1) is 0 Å². The Balaban J connectivity index is 2.03. The second-order valence-electron chi connectivity index (χ2n) is 4.74. The van der Waals surface area contributed by atoms with Crippen molar-refractivity contribution in [3.05, 3.63) is 34.9 Å². The van der Waals surface area contributed by atoms with E-state index in [4.69, 9.17) is 16.3 Å². The predicted molar refractivity (Wildman–Crippen MR) is 75.2 cm³/mol. The molecule has 0 aliphatic carbocycles. The molecule has 1 heterocycles. The number of carbonyl (C=O) groups excluding carboxylic acids is 1. The molecule has 2 rings (SSSR count). The molecule has 0 saturated carbocycles. The van der Waals surface area contributed by atoms with Crippen molar-refractivity contribution in [2.75, 3.05) is 26.7 Å². The second-order valence-corrected chi connectivity index (χ2v) is 5.18. The van der Waals surface area contributed by atoms with E-state index in [1.54, 1.807) is 11.9 Å². The minimum atomic E-state index is -0.381. The molecule has 0 bridgehead atoms. The average molecular weight is 283 g/mol. The summed E-state index contributed by atoms with van der Waals surface area (Å²) in [6.45, 7) is 3.97. The maximum atomic E-state index is 12.3. The van der Waals surface area contributed by atoms with Gasteiger partial charge in [-0.05, 0) is 24.6 Å². The zero-order valence-electron chi connectivity index (χ0n) is 11.2. The number of morpholine rings is 1. The Morgan fingerprint density at radius 2 is 2.16 bits per heavy atom. The average Bonchev–Trinajstić information content (AvgIpc) is 2.46. The lowest BCUT2D eigenvalue weighted by molar-refractivity contribution is -0.145. The van der Waals surface area contributed by atoms with Crippen LogP contribution in [0.5, 0.6) is 0 Å². The highest BCUT2D eigenvalue weighted by Crippen LogP contribution is 2.21. The number of halogens is 1. The number of hydrogen-bond acceptors (Lipinski definition) is 3. The van der Waals surface area contributed by atoms with Crippen LogP contribution in [-0.4, -0.2) is 43.7 Å². The van der Waals surface area contributed by atoms with Crippen molar-refractivity contribution in [3.63, 3.8) is 0 Å². The number of hydrogen-bond donors (Lipinski definition) is 1. The topological polar surface area (TPSA) is 41.6 Å². The predicted octanol–water partition coefficient (Wildman–Crippen LogP) is 1.85. The fraction of sp³-hybridized carbons (Fsp3) is 0.500. The van der Waals surface area contributed by atoms with Gasteiger partial charge in [-0.25, -0.2) is 0 Å². The lowest BCUT2D eigenvalue weighted by Crippen LogP contribution is -2.48. The van der Waals surface area contributed by atoms with E-state index in [-0.39, 0.29) is 18.1 Å². The molecule has 1 aromatic rings. The first-order valence-corrected chi connectivity index (χ1v) is 6.82. The summed E-state index contributed by atoms with van der Waals surface area (Å²) in [6, 6.07) is 7.55. The van der Waals surface area contributed by atoms with E-state index in [1.165, 1.54) is 0 Å². The summed E-state index contributed by atoms with van der Waals surface area (Å²) < 4.78 is 5.49. The Bertz CT molecular complexity index is 430. The van der Waals surface area contributed by atoms with Crippen molar-refractivity contribution in [2.45, 2.75) is 19.1 Å². The van der Waals surface area contributed by atoms with Crippen LogP contribution in [0.1, 0.15) is 18.5 Å². The highest BCUT2D eigenvalue weighted by molar-refractivity contribution is 6.30. The van der Waals surface area contributed by atoms with E-state index in [1.807, 2.05) is 31.2 Å². The number of ether oxygens (including phenoxy) is 1. The van der Waals surface area contributed by atoms with Gasteiger partial charge in [0.1, 0.15) is 6.10 Å². The van der Waals surface area contributed by atoms with Crippen molar-refractivity contribution in [1.82, 2.24) is 10.2 Å². The van der Waals surface area contributed by atoms with Gasteiger partial charge in [0, 0.05) is 25.2 Å². The standard InChI is InChI=1S/C14H19ClN2O2/c1-10(11-3-5-12(15)6-4-11)17(2)14(18)13-9-16-7-8-19-13/h3-6,10,13,16H,7-9H2,1-2H3. The van der Waals surface area contributed by atoms with Gasteiger partial charge < -0.3 is 15.0 Å². The fourth-order valence-corrected chi connectivity index (χ4v) is 2.23. The summed E-state index contributed by atoms with van der Waals surface area (Å²) in [4.78, 5) is 14.0. The number of amides is 1. The van der Waals surface area contributed by atoms with Crippen LogP contribution in [0.3, 0.4) is 0 Å². The van der Waals surface area contributed by atoms with E-state index in [0.29, 0.717) is 18.2 Å². The lowest BCUT2D eigenvalue weighted by Gasteiger charge is -2.31. The van der Waals surface area contributed by atoms with Gasteiger partial charge in [-0.15, -0.1) is 0 Å². The molecule has 1 fully saturated rings. The van der Waals surface area contributed by atoms with E-state index in [0.717, 1.165) is 12.1 Å². The normalized spacial score (nSPS) is 20.9. The molecular weight excluding hydrogens is 264 g/mol. The minimum Gasteiger partial charge on any atom is -0.366 e. The number of nitrogens with zero attached hydrogens (tertiary/aromatic N) is 1. The molecule has 19 heavy (non-hydrogen) atoms. The molecule has 1 aromatic carbocycles.